The minimum absolute atomic E-state index is 0.0687. The summed E-state index contributed by atoms with van der Waals surface area (Å²) in [4.78, 5) is 32.9. The maximum atomic E-state index is 12.2. The first-order valence-electron chi connectivity index (χ1n) is 8.60. The number of hydrogen-bond donors (Lipinski definition) is 1. The second-order valence-corrected chi connectivity index (χ2v) is 7.01. The topological polar surface area (TPSA) is 142 Å². The third-order valence-electron chi connectivity index (χ3n) is 3.91. The number of ether oxygens (including phenoxy) is 1. The number of benzene rings is 2. The molecule has 0 aliphatic carbocycles. The van der Waals surface area contributed by atoms with Gasteiger partial charge in [-0.3, -0.25) is 29.7 Å². The Balaban J connectivity index is 1.72. The Kier molecular flexibility index (Phi) is 6.68. The molecule has 11 nitrogen and oxygen atoms in total. The fraction of sp³-hybridized carbons (Fsp3) is 0.111. The Bertz CT molecular complexity index is 1170. The third-order valence-corrected chi connectivity index (χ3v) is 4.44. The van der Waals surface area contributed by atoms with E-state index < -0.39 is 15.8 Å². The van der Waals surface area contributed by atoms with Crippen molar-refractivity contribution in [3.63, 3.8) is 0 Å². The molecule has 0 saturated carbocycles. The number of carbonyl (C=O) groups excluding carboxylic acids is 1. The average molecular weight is 466 g/mol. The first-order valence-corrected chi connectivity index (χ1v) is 9.36. The molecule has 1 aromatic heterocycles. The summed E-state index contributed by atoms with van der Waals surface area (Å²) in [5, 5.41) is 28.9. The lowest BCUT2D eigenvalue weighted by Gasteiger charge is -2.11. The second kappa shape index (κ2) is 9.41. The van der Waals surface area contributed by atoms with Crippen LogP contribution in [0.5, 0.6) is 11.5 Å². The summed E-state index contributed by atoms with van der Waals surface area (Å²) in [6, 6.07) is 8.26. The predicted octanol–water partition coefficient (Wildman–Crippen LogP) is 4.83. The highest BCUT2D eigenvalue weighted by molar-refractivity contribution is 6.35. The number of aryl methyl sites for hydroxylation is 1. The predicted molar refractivity (Wildman–Crippen MR) is 112 cm³/mol. The molecule has 13 heteroatoms. The van der Waals surface area contributed by atoms with Crippen molar-refractivity contribution < 1.29 is 19.4 Å². The molecule has 0 aliphatic heterocycles. The van der Waals surface area contributed by atoms with Gasteiger partial charge in [0.05, 0.1) is 26.6 Å². The van der Waals surface area contributed by atoms with E-state index in [1.165, 1.54) is 41.2 Å². The quantitative estimate of drug-likeness (QED) is 0.370. The summed E-state index contributed by atoms with van der Waals surface area (Å²) in [6.07, 6.45) is 2.20. The van der Waals surface area contributed by atoms with Gasteiger partial charge >= 0.3 is 5.69 Å². The van der Waals surface area contributed by atoms with E-state index >= 15 is 0 Å². The third kappa shape index (κ3) is 5.90. The zero-order chi connectivity index (χ0) is 22.5. The summed E-state index contributed by atoms with van der Waals surface area (Å²) in [5.74, 6) is -0.172. The zero-order valence-corrected chi connectivity index (χ0v) is 17.0. The Hall–Kier alpha value is -3.70. The zero-order valence-electron chi connectivity index (χ0n) is 15.5. The van der Waals surface area contributed by atoms with Crippen molar-refractivity contribution in [1.82, 2.24) is 9.78 Å². The van der Waals surface area contributed by atoms with E-state index in [0.29, 0.717) is 5.02 Å². The molecule has 1 amide bonds. The summed E-state index contributed by atoms with van der Waals surface area (Å²) in [7, 11) is 0. The molecule has 3 aromatic rings. The second-order valence-electron chi connectivity index (χ2n) is 6.17. The molecule has 1 N–H and O–H groups in total. The molecule has 0 spiro atoms. The van der Waals surface area contributed by atoms with Gasteiger partial charge in [-0.25, -0.2) is 0 Å². The summed E-state index contributed by atoms with van der Waals surface area (Å²) in [6.45, 7) is 0.0817. The standard InChI is InChI=1S/C18H13Cl2N5O6/c19-11-1-2-17(16(20)5-11)31-15-7-12(6-13(8-15)24(27)28)22-18(26)3-4-23-10-14(9-21-23)25(29)30/h1-2,5-10H,3-4H2,(H,22,26). The molecule has 0 fully saturated rings. The lowest BCUT2D eigenvalue weighted by molar-refractivity contribution is -0.385. The molecule has 2 aromatic carbocycles. The fourth-order valence-corrected chi connectivity index (χ4v) is 2.96. The molecule has 1 heterocycles. The highest BCUT2D eigenvalue weighted by Gasteiger charge is 2.15. The van der Waals surface area contributed by atoms with E-state index in [9.17, 15) is 25.0 Å². The molecule has 160 valence electrons. The number of non-ortho nitro benzene ring substituents is 1. The number of nitrogens with zero attached hydrogens (tertiary/aromatic N) is 4. The van der Waals surface area contributed by atoms with Crippen LogP contribution in [-0.4, -0.2) is 25.5 Å². The van der Waals surface area contributed by atoms with Gasteiger partial charge in [0.15, 0.2) is 0 Å². The number of nitro groups is 2. The van der Waals surface area contributed by atoms with Gasteiger partial charge in [-0.1, -0.05) is 23.2 Å². The van der Waals surface area contributed by atoms with Crippen LogP contribution in [-0.2, 0) is 11.3 Å². The van der Waals surface area contributed by atoms with Gasteiger partial charge in [0.2, 0.25) is 5.91 Å². The first kappa shape index (κ1) is 22.0. The van der Waals surface area contributed by atoms with Crippen LogP contribution in [0.25, 0.3) is 0 Å². The number of halogens is 2. The number of aromatic nitrogens is 2. The van der Waals surface area contributed by atoms with Gasteiger partial charge in [0.1, 0.15) is 23.9 Å². The van der Waals surface area contributed by atoms with E-state index in [1.807, 2.05) is 0 Å². The van der Waals surface area contributed by atoms with E-state index in [0.717, 1.165) is 6.20 Å². The number of amides is 1. The molecule has 0 atom stereocenters. The van der Waals surface area contributed by atoms with Crippen LogP contribution in [0.3, 0.4) is 0 Å². The van der Waals surface area contributed by atoms with E-state index in [4.69, 9.17) is 27.9 Å². The molecule has 0 bridgehead atoms. The number of nitrogens with one attached hydrogen (secondary N) is 1. The van der Waals surface area contributed by atoms with Crippen LogP contribution < -0.4 is 10.1 Å². The van der Waals surface area contributed by atoms with Crippen LogP contribution in [0.4, 0.5) is 17.1 Å². The van der Waals surface area contributed by atoms with Gasteiger partial charge < -0.3 is 10.1 Å². The monoisotopic (exact) mass is 465 g/mol. The SMILES string of the molecule is O=C(CCn1cc([N+](=O)[O-])cn1)Nc1cc(Oc2ccc(Cl)cc2Cl)cc([N+](=O)[O-])c1. The van der Waals surface area contributed by atoms with Crippen molar-refractivity contribution in [2.24, 2.45) is 0 Å². The Morgan fingerprint density at radius 3 is 2.48 bits per heavy atom. The van der Waals surface area contributed by atoms with Crippen LogP contribution in [0.15, 0.2) is 48.8 Å². The average Bonchev–Trinajstić information content (AvgIpc) is 3.18. The number of nitro benzene ring substituents is 1. The maximum absolute atomic E-state index is 12.2. The van der Waals surface area contributed by atoms with Crippen molar-refractivity contribution in [3.8, 4) is 11.5 Å². The van der Waals surface area contributed by atoms with Crippen LogP contribution in [0.2, 0.25) is 10.0 Å². The van der Waals surface area contributed by atoms with Gasteiger partial charge in [-0.15, -0.1) is 0 Å². The van der Waals surface area contributed by atoms with Gasteiger partial charge in [0.25, 0.3) is 5.69 Å². The summed E-state index contributed by atoms with van der Waals surface area (Å²) >= 11 is 11.9. The Morgan fingerprint density at radius 1 is 1.10 bits per heavy atom. The van der Waals surface area contributed by atoms with Crippen LogP contribution in [0.1, 0.15) is 6.42 Å². The van der Waals surface area contributed by atoms with Gasteiger partial charge in [-0.05, 0) is 18.2 Å². The van der Waals surface area contributed by atoms with E-state index in [-0.39, 0.29) is 46.5 Å². The van der Waals surface area contributed by atoms with Crippen LogP contribution >= 0.6 is 23.2 Å². The number of hydrogen-bond acceptors (Lipinski definition) is 7. The van der Waals surface area contributed by atoms with Gasteiger partial charge in [-0.2, -0.15) is 5.10 Å². The molecular weight excluding hydrogens is 453 g/mol. The van der Waals surface area contributed by atoms with E-state index in [1.54, 1.807) is 6.07 Å². The molecule has 0 radical (unpaired) electrons. The summed E-state index contributed by atoms with van der Waals surface area (Å²) < 4.78 is 6.86. The normalized spacial score (nSPS) is 10.5. The van der Waals surface area contributed by atoms with Crippen molar-refractivity contribution in [1.29, 1.82) is 0 Å². The summed E-state index contributed by atoms with van der Waals surface area (Å²) in [5.41, 5.74) is -0.368. The Labute approximate surface area is 184 Å². The lowest BCUT2D eigenvalue weighted by Crippen LogP contribution is -2.15. The number of rotatable bonds is 8. The van der Waals surface area contributed by atoms with Crippen LogP contribution in [0, 0.1) is 20.2 Å². The first-order chi connectivity index (χ1) is 14.7. The smallest absolute Gasteiger partial charge is 0.306 e. The maximum Gasteiger partial charge on any atom is 0.306 e. The highest BCUT2D eigenvalue weighted by atomic mass is 35.5. The minimum Gasteiger partial charge on any atom is -0.455 e. The fourth-order valence-electron chi connectivity index (χ4n) is 2.51. The minimum atomic E-state index is -0.630. The van der Waals surface area contributed by atoms with E-state index in [2.05, 4.69) is 10.4 Å². The Morgan fingerprint density at radius 2 is 1.84 bits per heavy atom. The molecule has 31 heavy (non-hydrogen) atoms. The molecule has 0 saturated heterocycles. The lowest BCUT2D eigenvalue weighted by atomic mass is 10.2. The molecule has 3 rings (SSSR count). The molecule has 0 aliphatic rings. The van der Waals surface area contributed by atoms with Crippen molar-refractivity contribution in [2.75, 3.05) is 5.32 Å². The number of anilines is 1. The van der Waals surface area contributed by atoms with Crippen molar-refractivity contribution in [3.05, 3.63) is 79.1 Å². The molecular formula is C18H13Cl2N5O6. The molecule has 0 unspecified atom stereocenters. The van der Waals surface area contributed by atoms with Crippen molar-refractivity contribution in [2.45, 2.75) is 13.0 Å². The van der Waals surface area contributed by atoms with Gasteiger partial charge in [0, 0.05) is 30.1 Å². The highest BCUT2D eigenvalue weighted by Crippen LogP contribution is 2.34. The number of carbonyl (C=O) groups is 1. The van der Waals surface area contributed by atoms with Crippen molar-refractivity contribution >= 4 is 46.2 Å². The largest absolute Gasteiger partial charge is 0.455 e.